The highest BCUT2D eigenvalue weighted by Gasteiger charge is 2.24. The molecule has 0 fully saturated rings. The standard InChI is InChI=1S/C27H30N4O4/c1-6-9-23(27(33)34-7-2)35-22-10-8-15-30-25(22)28-19(5)24(26(30)32)21-16-18(4)31(29-21)20-13-11-17(3)12-14-20/h8,10-16,23H,6-7,9H2,1-5H3/t23-/m0/s1. The van der Waals surface area contributed by atoms with E-state index >= 15 is 0 Å². The number of carbonyl (C=O) groups excluding carboxylic acids is 1. The summed E-state index contributed by atoms with van der Waals surface area (Å²) < 4.78 is 14.4. The maximum Gasteiger partial charge on any atom is 0.347 e. The van der Waals surface area contributed by atoms with Crippen LogP contribution in [0.1, 0.15) is 43.6 Å². The van der Waals surface area contributed by atoms with Gasteiger partial charge >= 0.3 is 5.97 Å². The van der Waals surface area contributed by atoms with Crippen LogP contribution < -0.4 is 10.3 Å². The fourth-order valence-corrected chi connectivity index (χ4v) is 4.05. The maximum atomic E-state index is 13.6. The average Bonchev–Trinajstić information content (AvgIpc) is 3.21. The van der Waals surface area contributed by atoms with Gasteiger partial charge in [-0.1, -0.05) is 31.0 Å². The zero-order valence-electron chi connectivity index (χ0n) is 20.7. The quantitative estimate of drug-likeness (QED) is 0.347. The molecule has 8 heteroatoms. The molecule has 0 unspecified atom stereocenters. The first kappa shape index (κ1) is 24.2. The number of hydrogen-bond acceptors (Lipinski definition) is 6. The SMILES string of the molecule is CCC[C@H](Oc1cccn2c(=O)c(-c3cc(C)n(-c4ccc(C)cc4)n3)c(C)nc12)C(=O)OCC. The second-order valence-electron chi connectivity index (χ2n) is 8.51. The second kappa shape index (κ2) is 10.1. The van der Waals surface area contributed by atoms with Crippen LogP contribution in [0.2, 0.25) is 0 Å². The Kier molecular flexibility index (Phi) is 7.00. The lowest BCUT2D eigenvalue weighted by molar-refractivity contribution is -0.151. The molecule has 0 saturated heterocycles. The number of pyridine rings is 1. The van der Waals surface area contributed by atoms with Gasteiger partial charge in [0.05, 0.1) is 23.6 Å². The topological polar surface area (TPSA) is 87.7 Å². The fourth-order valence-electron chi connectivity index (χ4n) is 4.05. The van der Waals surface area contributed by atoms with Crippen LogP contribution in [0.3, 0.4) is 0 Å². The Morgan fingerprint density at radius 1 is 1.09 bits per heavy atom. The Hall–Kier alpha value is -3.94. The third kappa shape index (κ3) is 4.82. The average molecular weight is 475 g/mol. The third-order valence-electron chi connectivity index (χ3n) is 5.79. The Morgan fingerprint density at radius 2 is 1.83 bits per heavy atom. The van der Waals surface area contributed by atoms with Gasteiger partial charge in [0.2, 0.25) is 0 Å². The van der Waals surface area contributed by atoms with Crippen LogP contribution in [0.4, 0.5) is 0 Å². The van der Waals surface area contributed by atoms with Crippen LogP contribution in [0.15, 0.2) is 53.5 Å². The highest BCUT2D eigenvalue weighted by atomic mass is 16.6. The van der Waals surface area contributed by atoms with E-state index in [9.17, 15) is 9.59 Å². The molecule has 3 aromatic heterocycles. The first-order valence-corrected chi connectivity index (χ1v) is 11.8. The molecule has 0 aliphatic heterocycles. The summed E-state index contributed by atoms with van der Waals surface area (Å²) in [5, 5.41) is 4.72. The lowest BCUT2D eigenvalue weighted by atomic mass is 10.1. The van der Waals surface area contributed by atoms with E-state index in [1.165, 1.54) is 4.40 Å². The first-order chi connectivity index (χ1) is 16.8. The minimum absolute atomic E-state index is 0.255. The smallest absolute Gasteiger partial charge is 0.347 e. The molecule has 0 saturated carbocycles. The predicted molar refractivity (Wildman–Crippen MR) is 134 cm³/mol. The van der Waals surface area contributed by atoms with Crippen LogP contribution >= 0.6 is 0 Å². The minimum Gasteiger partial charge on any atom is -0.475 e. The lowest BCUT2D eigenvalue weighted by Gasteiger charge is -2.18. The molecule has 4 aromatic rings. The molecule has 8 nitrogen and oxygen atoms in total. The van der Waals surface area contributed by atoms with Gasteiger partial charge in [0, 0.05) is 11.9 Å². The van der Waals surface area contributed by atoms with Crippen molar-refractivity contribution in [3.05, 3.63) is 76.0 Å². The Balaban J connectivity index is 1.78. The summed E-state index contributed by atoms with van der Waals surface area (Å²) in [5.74, 6) is -0.0729. The van der Waals surface area contributed by atoms with E-state index in [2.05, 4.69) is 0 Å². The summed E-state index contributed by atoms with van der Waals surface area (Å²) in [6.07, 6.45) is 2.12. The van der Waals surface area contributed by atoms with E-state index in [4.69, 9.17) is 19.6 Å². The van der Waals surface area contributed by atoms with Gasteiger partial charge < -0.3 is 9.47 Å². The number of nitrogens with zero attached hydrogens (tertiary/aromatic N) is 4. The minimum atomic E-state index is -0.768. The Bertz CT molecular complexity index is 1420. The van der Waals surface area contributed by atoms with Gasteiger partial charge in [0.25, 0.3) is 5.56 Å². The number of rotatable bonds is 8. The van der Waals surface area contributed by atoms with Gasteiger partial charge in [-0.2, -0.15) is 5.10 Å². The van der Waals surface area contributed by atoms with E-state index in [0.717, 1.165) is 23.4 Å². The summed E-state index contributed by atoms with van der Waals surface area (Å²) >= 11 is 0. The molecule has 3 heterocycles. The van der Waals surface area contributed by atoms with Crippen LogP contribution in [0.25, 0.3) is 22.6 Å². The van der Waals surface area contributed by atoms with Crippen molar-refractivity contribution in [2.75, 3.05) is 6.61 Å². The van der Waals surface area contributed by atoms with Gasteiger partial charge in [-0.3, -0.25) is 9.20 Å². The van der Waals surface area contributed by atoms with Gasteiger partial charge in [-0.15, -0.1) is 0 Å². The molecule has 0 N–H and O–H groups in total. The van der Waals surface area contributed by atoms with Crippen LogP contribution in [-0.4, -0.2) is 37.8 Å². The molecule has 35 heavy (non-hydrogen) atoms. The third-order valence-corrected chi connectivity index (χ3v) is 5.79. The zero-order chi connectivity index (χ0) is 25.1. The second-order valence-corrected chi connectivity index (χ2v) is 8.51. The number of aromatic nitrogens is 4. The molecule has 0 spiro atoms. The van der Waals surface area contributed by atoms with E-state index < -0.39 is 12.1 Å². The number of aryl methyl sites for hydroxylation is 3. The number of ether oxygens (including phenoxy) is 2. The summed E-state index contributed by atoms with van der Waals surface area (Å²) in [6.45, 7) is 9.76. The molecule has 0 aliphatic carbocycles. The maximum absolute atomic E-state index is 13.6. The van der Waals surface area contributed by atoms with Crippen molar-refractivity contribution < 1.29 is 14.3 Å². The van der Waals surface area contributed by atoms with Crippen molar-refractivity contribution >= 4 is 11.6 Å². The number of hydrogen-bond donors (Lipinski definition) is 0. The Morgan fingerprint density at radius 3 is 2.51 bits per heavy atom. The van der Waals surface area contributed by atoms with Crippen molar-refractivity contribution in [3.63, 3.8) is 0 Å². The van der Waals surface area contributed by atoms with Gasteiger partial charge in [0.15, 0.2) is 17.5 Å². The molecule has 0 amide bonds. The monoisotopic (exact) mass is 474 g/mol. The highest BCUT2D eigenvalue weighted by molar-refractivity contribution is 5.75. The number of carbonyl (C=O) groups is 1. The lowest BCUT2D eigenvalue weighted by Crippen LogP contribution is -2.30. The molecular weight excluding hydrogens is 444 g/mol. The Labute approximate surface area is 204 Å². The molecule has 0 radical (unpaired) electrons. The molecule has 182 valence electrons. The van der Waals surface area contributed by atoms with Gasteiger partial charge in [0.1, 0.15) is 5.69 Å². The van der Waals surface area contributed by atoms with E-state index in [1.54, 1.807) is 32.2 Å². The van der Waals surface area contributed by atoms with Gasteiger partial charge in [-0.25, -0.2) is 14.5 Å². The largest absolute Gasteiger partial charge is 0.475 e. The van der Waals surface area contributed by atoms with E-state index in [1.807, 2.05) is 55.8 Å². The summed E-state index contributed by atoms with van der Waals surface area (Å²) in [5.41, 5.74) is 4.58. The molecular formula is C27H30N4O4. The normalized spacial score (nSPS) is 12.0. The molecule has 1 atom stereocenters. The van der Waals surface area contributed by atoms with Crippen molar-refractivity contribution in [2.24, 2.45) is 0 Å². The molecule has 0 bridgehead atoms. The first-order valence-electron chi connectivity index (χ1n) is 11.8. The predicted octanol–water partition coefficient (Wildman–Crippen LogP) is 4.58. The molecule has 4 rings (SSSR count). The van der Waals surface area contributed by atoms with Crippen molar-refractivity contribution in [1.82, 2.24) is 19.2 Å². The van der Waals surface area contributed by atoms with Crippen LogP contribution in [0.5, 0.6) is 5.75 Å². The number of benzene rings is 1. The van der Waals surface area contributed by atoms with Crippen molar-refractivity contribution in [3.8, 4) is 22.7 Å². The fraction of sp³-hybridized carbons (Fsp3) is 0.333. The van der Waals surface area contributed by atoms with Crippen molar-refractivity contribution in [2.45, 2.75) is 53.6 Å². The van der Waals surface area contributed by atoms with Crippen LogP contribution in [-0.2, 0) is 9.53 Å². The highest BCUT2D eigenvalue weighted by Crippen LogP contribution is 2.25. The van der Waals surface area contributed by atoms with Crippen LogP contribution in [0, 0.1) is 20.8 Å². The van der Waals surface area contributed by atoms with Crippen molar-refractivity contribution in [1.29, 1.82) is 0 Å². The number of fused-ring (bicyclic) bond motifs is 1. The van der Waals surface area contributed by atoms with Gasteiger partial charge in [-0.05, 0) is 64.4 Å². The molecule has 0 aliphatic rings. The summed E-state index contributed by atoms with van der Waals surface area (Å²) in [4.78, 5) is 30.6. The number of esters is 1. The summed E-state index contributed by atoms with van der Waals surface area (Å²) in [7, 11) is 0. The van der Waals surface area contributed by atoms with E-state index in [-0.39, 0.29) is 12.2 Å². The summed E-state index contributed by atoms with van der Waals surface area (Å²) in [6, 6.07) is 13.3. The zero-order valence-corrected chi connectivity index (χ0v) is 20.7. The van der Waals surface area contributed by atoms with E-state index in [0.29, 0.717) is 34.8 Å². The molecule has 1 aromatic carbocycles.